The van der Waals surface area contributed by atoms with Crippen molar-refractivity contribution in [3.05, 3.63) is 0 Å². The molecule has 0 radical (unpaired) electrons. The molecule has 2 saturated heterocycles. The summed E-state index contributed by atoms with van der Waals surface area (Å²) in [4.78, 5) is 8.90. The lowest BCUT2D eigenvalue weighted by Crippen LogP contribution is -2.57. The van der Waals surface area contributed by atoms with E-state index < -0.39 is 22.2 Å². The Hall–Kier alpha value is -0.870. The van der Waals surface area contributed by atoms with Gasteiger partial charge in [0.1, 0.15) is 0 Å². The molecule has 0 aromatic carbocycles. The van der Waals surface area contributed by atoms with Crippen molar-refractivity contribution in [1.82, 2.24) is 9.62 Å². The van der Waals surface area contributed by atoms with E-state index in [9.17, 15) is 21.6 Å². The molecule has 6 nitrogen and oxygen atoms in total. The van der Waals surface area contributed by atoms with Crippen LogP contribution in [-0.2, 0) is 14.8 Å². The van der Waals surface area contributed by atoms with Crippen LogP contribution in [0.2, 0.25) is 0 Å². The van der Waals surface area contributed by atoms with Crippen LogP contribution in [0, 0.1) is 0 Å². The molecule has 0 aromatic heterocycles. The quantitative estimate of drug-likeness (QED) is 0.688. The molecule has 2 aliphatic rings. The number of sulfonamides is 1. The first-order chi connectivity index (χ1) is 8.14. The Morgan fingerprint density at radius 2 is 1.83 bits per heavy atom. The van der Waals surface area contributed by atoms with Crippen LogP contribution in [0.4, 0.5) is 13.2 Å². The molecule has 2 heterocycles. The van der Waals surface area contributed by atoms with Crippen LogP contribution in [0.1, 0.15) is 6.42 Å². The van der Waals surface area contributed by atoms with Crippen LogP contribution >= 0.6 is 0 Å². The number of carboxylic acid groups (broad SMARTS) is 1. The highest BCUT2D eigenvalue weighted by Gasteiger charge is 2.38. The second-order valence-electron chi connectivity index (χ2n) is 3.90. The third-order valence-corrected chi connectivity index (χ3v) is 4.55. The number of hydrogen-bond donors (Lipinski definition) is 2. The summed E-state index contributed by atoms with van der Waals surface area (Å²) >= 11 is 0. The highest BCUT2D eigenvalue weighted by atomic mass is 32.2. The molecule has 0 spiro atoms. The second-order valence-corrected chi connectivity index (χ2v) is 5.94. The van der Waals surface area contributed by atoms with Gasteiger partial charge in [-0.1, -0.05) is 0 Å². The van der Waals surface area contributed by atoms with Gasteiger partial charge in [-0.3, -0.25) is 0 Å². The van der Waals surface area contributed by atoms with Crippen molar-refractivity contribution < 1.29 is 31.5 Å². The molecule has 0 amide bonds. The Kier molecular flexibility index (Phi) is 4.56. The van der Waals surface area contributed by atoms with Gasteiger partial charge in [0.15, 0.2) is 0 Å². The largest absolute Gasteiger partial charge is 0.490 e. The minimum absolute atomic E-state index is 0.252. The standard InChI is InChI=1S/C6H12N2O2S.C2HF3O2/c9-11(10)3-1-2-8(11)6-4-7-5-6;3-2(4,5)1(6)7/h6-7H,1-5H2;(H,6,7). The maximum Gasteiger partial charge on any atom is 0.490 e. The maximum absolute atomic E-state index is 11.3. The van der Waals surface area contributed by atoms with E-state index in [0.29, 0.717) is 5.75 Å². The Bertz CT molecular complexity index is 405. The Balaban J connectivity index is 0.000000203. The molecule has 0 aliphatic carbocycles. The van der Waals surface area contributed by atoms with E-state index in [-0.39, 0.29) is 6.04 Å². The van der Waals surface area contributed by atoms with Gasteiger partial charge in [0.25, 0.3) is 0 Å². The van der Waals surface area contributed by atoms with Gasteiger partial charge in [-0.2, -0.15) is 17.5 Å². The van der Waals surface area contributed by atoms with Crippen molar-refractivity contribution >= 4 is 16.0 Å². The molecule has 10 heteroatoms. The molecule has 0 bridgehead atoms. The number of carbonyl (C=O) groups is 1. The summed E-state index contributed by atoms with van der Waals surface area (Å²) in [7, 11) is -2.85. The van der Waals surface area contributed by atoms with E-state index >= 15 is 0 Å². The fraction of sp³-hybridized carbons (Fsp3) is 0.875. The minimum Gasteiger partial charge on any atom is -0.475 e. The zero-order valence-electron chi connectivity index (χ0n) is 9.27. The van der Waals surface area contributed by atoms with Gasteiger partial charge < -0.3 is 10.4 Å². The first kappa shape index (κ1) is 15.2. The average Bonchev–Trinajstić information content (AvgIpc) is 2.43. The third kappa shape index (κ3) is 3.82. The Morgan fingerprint density at radius 1 is 1.33 bits per heavy atom. The number of rotatable bonds is 1. The van der Waals surface area contributed by atoms with Crippen LogP contribution in [-0.4, -0.2) is 61.4 Å². The van der Waals surface area contributed by atoms with E-state index in [4.69, 9.17) is 9.90 Å². The zero-order chi connectivity index (χ0) is 14.0. The first-order valence-electron chi connectivity index (χ1n) is 5.15. The maximum atomic E-state index is 11.3. The molecule has 106 valence electrons. The van der Waals surface area contributed by atoms with Gasteiger partial charge in [-0.25, -0.2) is 13.2 Å². The van der Waals surface area contributed by atoms with Gasteiger partial charge in [0, 0.05) is 25.7 Å². The molecule has 18 heavy (non-hydrogen) atoms. The van der Waals surface area contributed by atoms with Gasteiger partial charge in [-0.05, 0) is 6.42 Å². The van der Waals surface area contributed by atoms with Crippen LogP contribution in [0.5, 0.6) is 0 Å². The predicted molar refractivity (Wildman–Crippen MR) is 55.5 cm³/mol. The van der Waals surface area contributed by atoms with Gasteiger partial charge in [0.05, 0.1) is 5.75 Å². The topological polar surface area (TPSA) is 86.7 Å². The van der Waals surface area contributed by atoms with Gasteiger partial charge in [-0.15, -0.1) is 0 Å². The van der Waals surface area contributed by atoms with Crippen molar-refractivity contribution in [2.45, 2.75) is 18.6 Å². The lowest BCUT2D eigenvalue weighted by Gasteiger charge is -2.34. The van der Waals surface area contributed by atoms with Crippen molar-refractivity contribution in [3.8, 4) is 0 Å². The van der Waals surface area contributed by atoms with Crippen LogP contribution in [0.25, 0.3) is 0 Å². The molecule has 0 saturated carbocycles. The molecule has 0 aromatic rings. The Labute approximate surface area is 102 Å². The molecular formula is C8H13F3N2O4S. The average molecular weight is 290 g/mol. The van der Waals surface area contributed by atoms with Crippen LogP contribution in [0.3, 0.4) is 0 Å². The summed E-state index contributed by atoms with van der Waals surface area (Å²) in [6, 6.07) is 0.252. The van der Waals surface area contributed by atoms with Crippen molar-refractivity contribution in [1.29, 1.82) is 0 Å². The number of halogens is 3. The molecule has 2 N–H and O–H groups in total. The van der Waals surface area contributed by atoms with E-state index in [2.05, 4.69) is 5.32 Å². The molecule has 0 unspecified atom stereocenters. The molecule has 0 atom stereocenters. The second kappa shape index (κ2) is 5.41. The fourth-order valence-electron chi connectivity index (χ4n) is 1.55. The van der Waals surface area contributed by atoms with Crippen LogP contribution < -0.4 is 5.32 Å². The summed E-state index contributed by atoms with van der Waals surface area (Å²) in [6.45, 7) is 2.40. The van der Waals surface area contributed by atoms with Crippen LogP contribution in [0.15, 0.2) is 0 Å². The highest BCUT2D eigenvalue weighted by Crippen LogP contribution is 2.18. The van der Waals surface area contributed by atoms with Crippen molar-refractivity contribution in [3.63, 3.8) is 0 Å². The number of hydrogen-bond acceptors (Lipinski definition) is 4. The monoisotopic (exact) mass is 290 g/mol. The number of carboxylic acids is 1. The van der Waals surface area contributed by atoms with E-state index in [1.54, 1.807) is 4.31 Å². The number of aliphatic carboxylic acids is 1. The summed E-state index contributed by atoms with van der Waals surface area (Å²) in [5.41, 5.74) is 0. The lowest BCUT2D eigenvalue weighted by molar-refractivity contribution is -0.192. The normalized spacial score (nSPS) is 23.9. The molecule has 2 rings (SSSR count). The predicted octanol–water partition coefficient (Wildman–Crippen LogP) is -0.373. The third-order valence-electron chi connectivity index (χ3n) is 2.55. The smallest absolute Gasteiger partial charge is 0.475 e. The summed E-state index contributed by atoms with van der Waals surface area (Å²) in [5.74, 6) is -2.41. The number of alkyl halides is 3. The number of nitrogens with one attached hydrogen (secondary N) is 1. The first-order valence-corrected chi connectivity index (χ1v) is 6.76. The lowest BCUT2D eigenvalue weighted by atomic mass is 10.2. The zero-order valence-corrected chi connectivity index (χ0v) is 10.1. The van der Waals surface area contributed by atoms with E-state index in [0.717, 1.165) is 26.1 Å². The summed E-state index contributed by atoms with van der Waals surface area (Å²) < 4.78 is 56.0. The highest BCUT2D eigenvalue weighted by molar-refractivity contribution is 7.89. The van der Waals surface area contributed by atoms with Crippen molar-refractivity contribution in [2.24, 2.45) is 0 Å². The van der Waals surface area contributed by atoms with Gasteiger partial charge >= 0.3 is 12.1 Å². The number of nitrogens with zero attached hydrogens (tertiary/aromatic N) is 1. The molecule has 2 aliphatic heterocycles. The SMILES string of the molecule is O=C(O)C(F)(F)F.O=S1(=O)CCCN1C1CNC1. The summed E-state index contributed by atoms with van der Waals surface area (Å²) in [5, 5.41) is 10.2. The molecular weight excluding hydrogens is 277 g/mol. The fourth-order valence-corrected chi connectivity index (χ4v) is 3.28. The van der Waals surface area contributed by atoms with Gasteiger partial charge in [0.2, 0.25) is 10.0 Å². The van der Waals surface area contributed by atoms with E-state index in [1.165, 1.54) is 0 Å². The van der Waals surface area contributed by atoms with Crippen molar-refractivity contribution in [2.75, 3.05) is 25.4 Å². The molecule has 2 fully saturated rings. The minimum atomic E-state index is -5.08. The Morgan fingerprint density at radius 3 is 2.06 bits per heavy atom. The van der Waals surface area contributed by atoms with E-state index in [1.807, 2.05) is 0 Å². The summed E-state index contributed by atoms with van der Waals surface area (Å²) in [6.07, 6.45) is -4.28.